The van der Waals surface area contributed by atoms with Crippen molar-refractivity contribution in [1.29, 1.82) is 0 Å². The summed E-state index contributed by atoms with van der Waals surface area (Å²) in [6.45, 7) is 2.84. The van der Waals surface area contributed by atoms with Crippen LogP contribution >= 0.6 is 0 Å². The summed E-state index contributed by atoms with van der Waals surface area (Å²) >= 11 is 0. The minimum absolute atomic E-state index is 0.0353. The van der Waals surface area contributed by atoms with Gasteiger partial charge in [0.05, 0.1) is 23.8 Å². The van der Waals surface area contributed by atoms with Gasteiger partial charge in [-0.1, -0.05) is 37.8 Å². The third-order valence-corrected chi connectivity index (χ3v) is 8.12. The molecule has 1 aliphatic heterocycles. The van der Waals surface area contributed by atoms with Crippen molar-refractivity contribution in [3.8, 4) is 23.0 Å². The lowest BCUT2D eigenvalue weighted by atomic mass is 9.74. The Labute approximate surface area is 222 Å². The zero-order valence-electron chi connectivity index (χ0n) is 21.3. The molecule has 206 valence electrons. The fraction of sp³-hybridized carbons (Fsp3) is 0.419. The molecular weight excluding hydrogens is 521 g/mol. The van der Waals surface area contributed by atoms with Gasteiger partial charge in [-0.2, -0.15) is 13.2 Å². The first-order chi connectivity index (χ1) is 18.5. The number of hydrogen-bond donors (Lipinski definition) is 0. The van der Waals surface area contributed by atoms with Crippen molar-refractivity contribution in [2.75, 3.05) is 6.61 Å². The Kier molecular flexibility index (Phi) is 7.65. The number of alkyl halides is 3. The number of halogens is 7. The van der Waals surface area contributed by atoms with Crippen LogP contribution in [-0.2, 0) is 4.74 Å². The Bertz CT molecular complexity index is 1410. The van der Waals surface area contributed by atoms with Gasteiger partial charge in [0, 0.05) is 11.3 Å². The molecule has 3 aromatic rings. The van der Waals surface area contributed by atoms with Crippen LogP contribution in [0.25, 0.3) is 21.9 Å². The van der Waals surface area contributed by atoms with E-state index in [4.69, 9.17) is 4.74 Å². The summed E-state index contributed by atoms with van der Waals surface area (Å²) in [7, 11) is 0. The molecule has 0 spiro atoms. The van der Waals surface area contributed by atoms with E-state index in [1.165, 1.54) is 55.9 Å². The van der Waals surface area contributed by atoms with Crippen molar-refractivity contribution in [3.63, 3.8) is 0 Å². The average molecular weight is 549 g/mol. The van der Waals surface area contributed by atoms with E-state index < -0.39 is 41.1 Å². The van der Waals surface area contributed by atoms with E-state index in [9.17, 15) is 22.0 Å². The minimum atomic E-state index is -4.92. The van der Waals surface area contributed by atoms with Gasteiger partial charge in [0.1, 0.15) is 23.3 Å². The van der Waals surface area contributed by atoms with Gasteiger partial charge < -0.3 is 4.74 Å². The van der Waals surface area contributed by atoms with Gasteiger partial charge in [-0.25, -0.2) is 17.6 Å². The summed E-state index contributed by atoms with van der Waals surface area (Å²) in [6.07, 6.45) is 1.11. The van der Waals surface area contributed by atoms with E-state index >= 15 is 8.78 Å². The van der Waals surface area contributed by atoms with E-state index in [1.54, 1.807) is 0 Å². The highest BCUT2D eigenvalue weighted by atomic mass is 19.4. The van der Waals surface area contributed by atoms with Crippen LogP contribution in [0.5, 0.6) is 0 Å². The highest BCUT2D eigenvalue weighted by Gasteiger charge is 2.32. The Morgan fingerprint density at radius 3 is 2.08 bits per heavy atom. The lowest BCUT2D eigenvalue weighted by Crippen LogP contribution is -2.29. The molecule has 2 aliphatic rings. The largest absolute Gasteiger partial charge is 0.458 e. The van der Waals surface area contributed by atoms with Crippen molar-refractivity contribution in [2.24, 2.45) is 17.8 Å². The summed E-state index contributed by atoms with van der Waals surface area (Å²) in [5.41, 5.74) is -0.960. The van der Waals surface area contributed by atoms with Crippen molar-refractivity contribution < 1.29 is 35.5 Å². The summed E-state index contributed by atoms with van der Waals surface area (Å²) < 4.78 is 103. The maximum absolute atomic E-state index is 15.2. The minimum Gasteiger partial charge on any atom is -0.373 e. The molecule has 1 saturated carbocycles. The summed E-state index contributed by atoms with van der Waals surface area (Å²) in [5, 5.41) is -0.289. The molecule has 2 unspecified atom stereocenters. The van der Waals surface area contributed by atoms with Gasteiger partial charge in [-0.15, -0.1) is 0 Å². The first kappa shape index (κ1) is 27.5. The molecule has 1 aliphatic carbocycles. The second kappa shape index (κ2) is 10.8. The number of rotatable bonds is 3. The fourth-order valence-corrected chi connectivity index (χ4v) is 5.95. The molecule has 1 heterocycles. The molecule has 0 amide bonds. The molecule has 1 saturated heterocycles. The summed E-state index contributed by atoms with van der Waals surface area (Å²) in [6, 6.07) is 6.82. The van der Waals surface area contributed by atoms with Crippen molar-refractivity contribution >= 4 is 10.8 Å². The number of fused-ring (bicyclic) bond motifs is 1. The summed E-state index contributed by atoms with van der Waals surface area (Å²) in [5.74, 6) is -0.0820. The zero-order valence-corrected chi connectivity index (χ0v) is 21.3. The lowest BCUT2D eigenvalue weighted by molar-refractivity contribution is -0.0696. The maximum Gasteiger partial charge on any atom is 0.458 e. The Morgan fingerprint density at radius 1 is 0.795 bits per heavy atom. The van der Waals surface area contributed by atoms with Crippen molar-refractivity contribution in [3.05, 3.63) is 70.8 Å². The second-order valence-electron chi connectivity index (χ2n) is 10.8. The molecule has 39 heavy (non-hydrogen) atoms. The van der Waals surface area contributed by atoms with E-state index in [0.29, 0.717) is 30.4 Å². The molecule has 2 atom stereocenters. The second-order valence-corrected chi connectivity index (χ2v) is 10.8. The molecule has 5 rings (SSSR count). The number of hydrogen-bond acceptors (Lipinski definition) is 1. The van der Waals surface area contributed by atoms with E-state index in [0.717, 1.165) is 30.4 Å². The third-order valence-electron chi connectivity index (χ3n) is 8.12. The molecule has 2 fully saturated rings. The average Bonchev–Trinajstić information content (AvgIpc) is 2.88. The molecule has 0 N–H and O–H groups in total. The summed E-state index contributed by atoms with van der Waals surface area (Å²) in [4.78, 5) is 0. The van der Waals surface area contributed by atoms with Gasteiger partial charge >= 0.3 is 6.18 Å². The van der Waals surface area contributed by atoms with Gasteiger partial charge in [-0.05, 0) is 84.2 Å². The highest BCUT2D eigenvalue weighted by molar-refractivity contribution is 5.89. The van der Waals surface area contributed by atoms with Crippen LogP contribution in [-0.4, -0.2) is 12.8 Å². The van der Waals surface area contributed by atoms with Crippen LogP contribution in [0.2, 0.25) is 0 Å². The van der Waals surface area contributed by atoms with Gasteiger partial charge in [0.15, 0.2) is 0 Å². The van der Waals surface area contributed by atoms with Crippen LogP contribution in [0.15, 0.2) is 36.4 Å². The quantitative estimate of drug-likeness (QED) is 0.234. The van der Waals surface area contributed by atoms with Gasteiger partial charge in [0.2, 0.25) is 0 Å². The van der Waals surface area contributed by atoms with Gasteiger partial charge in [0.25, 0.3) is 0 Å². The monoisotopic (exact) mass is 548 g/mol. The predicted octanol–water partition coefficient (Wildman–Crippen LogP) is 9.27. The zero-order chi connectivity index (χ0) is 27.9. The standard InChI is InChI=1S/C31H27F7O/c1-17-2-4-18(5-3-17)20-7-9-28(39-16-20)22-14-26(33)29(27(34)15-22)19-6-8-23-21(12-19)13-25(32)24(30(23)35)10-11-31(36,37)38/h6,8,12-15,17-18,20,28H,2-5,7,9,16H2,1H3. The van der Waals surface area contributed by atoms with Crippen LogP contribution in [0.1, 0.15) is 62.7 Å². The Morgan fingerprint density at radius 2 is 1.46 bits per heavy atom. The smallest absolute Gasteiger partial charge is 0.373 e. The molecule has 8 heteroatoms. The van der Waals surface area contributed by atoms with Gasteiger partial charge in [-0.3, -0.25) is 0 Å². The van der Waals surface area contributed by atoms with Crippen LogP contribution < -0.4 is 0 Å². The SMILES string of the molecule is CC1CCC(C2CCC(c3cc(F)c(-c4ccc5c(F)c(C#CC(F)(F)F)c(F)cc5c4)c(F)c3)OC2)CC1. The number of benzene rings is 3. The molecule has 0 radical (unpaired) electrons. The highest BCUT2D eigenvalue weighted by Crippen LogP contribution is 2.41. The van der Waals surface area contributed by atoms with Crippen molar-refractivity contribution in [1.82, 2.24) is 0 Å². The molecule has 0 bridgehead atoms. The van der Waals surface area contributed by atoms with E-state index in [-0.39, 0.29) is 21.9 Å². The van der Waals surface area contributed by atoms with Crippen molar-refractivity contribution in [2.45, 2.75) is 57.7 Å². The number of ether oxygens (including phenoxy) is 1. The molecule has 0 aromatic heterocycles. The molecule has 1 nitrogen and oxygen atoms in total. The van der Waals surface area contributed by atoms with Crippen LogP contribution in [0.3, 0.4) is 0 Å². The molecular formula is C31H27F7O. The first-order valence-electron chi connectivity index (χ1n) is 13.1. The van der Waals surface area contributed by atoms with Crippen LogP contribution in [0, 0.1) is 52.9 Å². The topological polar surface area (TPSA) is 9.23 Å². The normalized spacial score (nSPS) is 23.9. The fourth-order valence-electron chi connectivity index (χ4n) is 5.95. The Hall–Kier alpha value is -3.05. The Balaban J connectivity index is 1.37. The maximum atomic E-state index is 15.2. The lowest BCUT2D eigenvalue weighted by Gasteiger charge is -2.37. The first-order valence-corrected chi connectivity index (χ1v) is 13.1. The third kappa shape index (κ3) is 5.94. The predicted molar refractivity (Wildman–Crippen MR) is 135 cm³/mol. The van der Waals surface area contributed by atoms with E-state index in [1.807, 2.05) is 0 Å². The molecule has 3 aromatic carbocycles. The van der Waals surface area contributed by atoms with Crippen LogP contribution in [0.4, 0.5) is 30.7 Å². The van der Waals surface area contributed by atoms with E-state index in [2.05, 4.69) is 6.92 Å².